The number of hydrogen-bond acceptors (Lipinski definition) is 2. The molecule has 0 bridgehead atoms. The molecule has 0 fully saturated rings. The number of hydrogen-bond donors (Lipinski definition) is 3. The Labute approximate surface area is 123 Å². The van der Waals surface area contributed by atoms with Gasteiger partial charge < -0.3 is 15.7 Å². The molecule has 0 aliphatic heterocycles. The fourth-order valence-corrected chi connectivity index (χ4v) is 1.78. The molecule has 3 N–H and O–H groups in total. The van der Waals surface area contributed by atoms with Gasteiger partial charge in [-0.25, -0.2) is 4.79 Å². The van der Waals surface area contributed by atoms with Gasteiger partial charge in [-0.05, 0) is 17.7 Å². The van der Waals surface area contributed by atoms with Crippen molar-refractivity contribution in [3.63, 3.8) is 0 Å². The second-order valence-electron chi connectivity index (χ2n) is 5.14. The first-order valence-electron chi connectivity index (χ1n) is 6.31. The largest absolute Gasteiger partial charge is 0.481 e. The minimum Gasteiger partial charge on any atom is -0.481 e. The predicted octanol–water partition coefficient (Wildman–Crippen LogP) is 2.39. The molecule has 1 aromatic carbocycles. The number of urea groups is 1. The molecule has 0 atom stereocenters. The van der Waals surface area contributed by atoms with Crippen LogP contribution in [0.3, 0.4) is 0 Å². The van der Waals surface area contributed by atoms with Gasteiger partial charge >= 0.3 is 12.0 Å². The number of carbonyl (C=O) groups excluding carboxylic acids is 1. The van der Waals surface area contributed by atoms with Crippen LogP contribution in [0.4, 0.5) is 4.79 Å². The van der Waals surface area contributed by atoms with E-state index in [1.807, 2.05) is 38.1 Å². The number of amides is 2. The monoisotopic (exact) mass is 298 g/mol. The van der Waals surface area contributed by atoms with Crippen LogP contribution in [0.5, 0.6) is 0 Å². The lowest BCUT2D eigenvalue weighted by Gasteiger charge is -2.25. The highest BCUT2D eigenvalue weighted by Crippen LogP contribution is 2.23. The van der Waals surface area contributed by atoms with E-state index >= 15 is 0 Å². The van der Waals surface area contributed by atoms with Crippen molar-refractivity contribution in [3.05, 3.63) is 34.9 Å². The lowest BCUT2D eigenvalue weighted by Crippen LogP contribution is -2.42. The molecule has 0 unspecified atom stereocenters. The van der Waals surface area contributed by atoms with E-state index in [1.165, 1.54) is 0 Å². The quantitative estimate of drug-likeness (QED) is 0.754. The van der Waals surface area contributed by atoms with Gasteiger partial charge in [0, 0.05) is 23.5 Å². The first-order chi connectivity index (χ1) is 9.31. The molecule has 0 saturated heterocycles. The lowest BCUT2D eigenvalue weighted by atomic mass is 9.85. The first-order valence-corrected chi connectivity index (χ1v) is 6.68. The van der Waals surface area contributed by atoms with E-state index in [2.05, 4.69) is 10.6 Å². The van der Waals surface area contributed by atoms with Crippen LogP contribution in [0, 0.1) is 0 Å². The van der Waals surface area contributed by atoms with Crippen molar-refractivity contribution >= 4 is 23.6 Å². The van der Waals surface area contributed by atoms with Crippen molar-refractivity contribution in [2.45, 2.75) is 25.7 Å². The summed E-state index contributed by atoms with van der Waals surface area (Å²) in [6, 6.07) is 7.10. The number of carboxylic acid groups (broad SMARTS) is 1. The van der Waals surface area contributed by atoms with E-state index in [-0.39, 0.29) is 24.4 Å². The van der Waals surface area contributed by atoms with E-state index in [0.717, 1.165) is 5.56 Å². The van der Waals surface area contributed by atoms with Crippen LogP contribution in [-0.4, -0.2) is 30.2 Å². The minimum atomic E-state index is -0.938. The zero-order valence-electron chi connectivity index (χ0n) is 11.6. The smallest absolute Gasteiger partial charge is 0.314 e. The molecule has 20 heavy (non-hydrogen) atoms. The molecule has 0 spiro atoms. The number of carboxylic acids is 1. The van der Waals surface area contributed by atoms with Crippen molar-refractivity contribution in [2.24, 2.45) is 0 Å². The van der Waals surface area contributed by atoms with Crippen molar-refractivity contribution in [1.29, 1.82) is 0 Å². The first kappa shape index (κ1) is 16.3. The van der Waals surface area contributed by atoms with Gasteiger partial charge in [-0.3, -0.25) is 4.79 Å². The predicted molar refractivity (Wildman–Crippen MR) is 78.1 cm³/mol. The second-order valence-corrected chi connectivity index (χ2v) is 5.58. The molecule has 0 aliphatic carbocycles. The number of nitrogens with one attached hydrogen (secondary N) is 2. The molecule has 1 rings (SSSR count). The molecule has 0 saturated carbocycles. The van der Waals surface area contributed by atoms with Crippen molar-refractivity contribution in [1.82, 2.24) is 10.6 Å². The molecule has 0 aromatic heterocycles. The van der Waals surface area contributed by atoms with Crippen molar-refractivity contribution < 1.29 is 14.7 Å². The summed E-state index contributed by atoms with van der Waals surface area (Å²) in [6.07, 6.45) is -0.0893. The SMILES string of the molecule is CC(C)(CNC(=O)NCCC(=O)O)c1ccc(Cl)cc1. The molecular weight excluding hydrogens is 280 g/mol. The summed E-state index contributed by atoms with van der Waals surface area (Å²) in [4.78, 5) is 21.8. The number of benzene rings is 1. The summed E-state index contributed by atoms with van der Waals surface area (Å²) >= 11 is 5.84. The van der Waals surface area contributed by atoms with E-state index < -0.39 is 5.97 Å². The Hall–Kier alpha value is -1.75. The fraction of sp³-hybridized carbons (Fsp3) is 0.429. The second kappa shape index (κ2) is 7.14. The average Bonchev–Trinajstić information content (AvgIpc) is 2.36. The normalized spacial score (nSPS) is 10.9. The van der Waals surface area contributed by atoms with Gasteiger partial charge in [0.05, 0.1) is 6.42 Å². The Balaban J connectivity index is 2.44. The van der Waals surface area contributed by atoms with E-state index in [4.69, 9.17) is 16.7 Å². The molecule has 0 aliphatic rings. The molecule has 0 radical (unpaired) electrons. The third-order valence-electron chi connectivity index (χ3n) is 2.94. The van der Waals surface area contributed by atoms with Gasteiger partial charge in [-0.1, -0.05) is 37.6 Å². The Bertz CT molecular complexity index is 472. The van der Waals surface area contributed by atoms with Gasteiger partial charge in [-0.15, -0.1) is 0 Å². The topological polar surface area (TPSA) is 78.4 Å². The van der Waals surface area contributed by atoms with Crippen LogP contribution in [0.2, 0.25) is 5.02 Å². The summed E-state index contributed by atoms with van der Waals surface area (Å²) in [7, 11) is 0. The highest BCUT2D eigenvalue weighted by atomic mass is 35.5. The van der Waals surface area contributed by atoms with E-state index in [9.17, 15) is 9.59 Å². The Morgan fingerprint density at radius 3 is 2.35 bits per heavy atom. The maximum Gasteiger partial charge on any atom is 0.314 e. The number of rotatable bonds is 6. The summed E-state index contributed by atoms with van der Waals surface area (Å²) in [5, 5.41) is 14.4. The number of aliphatic carboxylic acids is 1. The van der Waals surface area contributed by atoms with E-state index in [0.29, 0.717) is 11.6 Å². The molecular formula is C14H19ClN2O3. The van der Waals surface area contributed by atoms with Crippen molar-refractivity contribution in [3.8, 4) is 0 Å². The Kier molecular flexibility index (Phi) is 5.82. The lowest BCUT2D eigenvalue weighted by molar-refractivity contribution is -0.136. The van der Waals surface area contributed by atoms with Crippen LogP contribution < -0.4 is 10.6 Å². The van der Waals surface area contributed by atoms with Crippen LogP contribution in [0.1, 0.15) is 25.8 Å². The zero-order chi connectivity index (χ0) is 15.2. The van der Waals surface area contributed by atoms with Gasteiger partial charge in [0.1, 0.15) is 0 Å². The fourth-order valence-electron chi connectivity index (χ4n) is 1.65. The van der Waals surface area contributed by atoms with E-state index in [1.54, 1.807) is 0 Å². The van der Waals surface area contributed by atoms with Gasteiger partial charge in [0.2, 0.25) is 0 Å². The summed E-state index contributed by atoms with van der Waals surface area (Å²) < 4.78 is 0. The van der Waals surface area contributed by atoms with Gasteiger partial charge in [0.15, 0.2) is 0 Å². The average molecular weight is 299 g/mol. The van der Waals surface area contributed by atoms with Gasteiger partial charge in [-0.2, -0.15) is 0 Å². The van der Waals surface area contributed by atoms with Crippen molar-refractivity contribution in [2.75, 3.05) is 13.1 Å². The van der Waals surface area contributed by atoms with Crippen LogP contribution in [0.15, 0.2) is 24.3 Å². The summed E-state index contributed by atoms with van der Waals surface area (Å²) in [5.41, 5.74) is 0.821. The third-order valence-corrected chi connectivity index (χ3v) is 3.19. The molecule has 0 heterocycles. The highest BCUT2D eigenvalue weighted by molar-refractivity contribution is 6.30. The third kappa shape index (κ3) is 5.48. The molecule has 6 heteroatoms. The van der Waals surface area contributed by atoms with Gasteiger partial charge in [0.25, 0.3) is 0 Å². The maximum atomic E-state index is 11.5. The van der Waals surface area contributed by atoms with Crippen LogP contribution in [-0.2, 0) is 10.2 Å². The number of halogens is 1. The molecule has 1 aromatic rings. The molecule has 2 amide bonds. The maximum absolute atomic E-state index is 11.5. The Morgan fingerprint density at radius 2 is 1.80 bits per heavy atom. The minimum absolute atomic E-state index is 0.0893. The number of carbonyl (C=O) groups is 2. The summed E-state index contributed by atoms with van der Waals surface area (Å²) in [6.45, 7) is 4.57. The molecule has 5 nitrogen and oxygen atoms in total. The highest BCUT2D eigenvalue weighted by Gasteiger charge is 2.21. The molecule has 110 valence electrons. The van der Waals surface area contributed by atoms with Crippen LogP contribution in [0.25, 0.3) is 0 Å². The zero-order valence-corrected chi connectivity index (χ0v) is 12.3. The standard InChI is InChI=1S/C14H19ClN2O3/c1-14(2,10-3-5-11(15)6-4-10)9-17-13(20)16-8-7-12(18)19/h3-6H,7-9H2,1-2H3,(H,18,19)(H2,16,17,20). The van der Waals surface area contributed by atoms with Crippen LogP contribution >= 0.6 is 11.6 Å². The Morgan fingerprint density at radius 1 is 1.20 bits per heavy atom. The summed E-state index contributed by atoms with van der Waals surface area (Å²) in [5.74, 6) is -0.938.